The topological polar surface area (TPSA) is 90.7 Å². The van der Waals surface area contributed by atoms with Crippen molar-refractivity contribution >= 4 is 12.0 Å². The first-order valence-electron chi connectivity index (χ1n) is 4.14. The number of nitrogens with two attached hydrogens (primary N) is 1. The third-order valence-electron chi connectivity index (χ3n) is 1.13. The molecule has 0 aliphatic rings. The molecule has 0 aliphatic heterocycles. The van der Waals surface area contributed by atoms with Gasteiger partial charge < -0.3 is 20.5 Å². The van der Waals surface area contributed by atoms with Crippen molar-refractivity contribution in [1.29, 1.82) is 0 Å². The van der Waals surface area contributed by atoms with Crippen molar-refractivity contribution < 1.29 is 32.2 Å². The molecular weight excluding hydrogens is 233 g/mol. The van der Waals surface area contributed by atoms with Crippen LogP contribution in [0.15, 0.2) is 0 Å². The molecule has 0 aromatic carbocycles. The Labute approximate surface area is 88.9 Å². The van der Waals surface area contributed by atoms with E-state index in [0.717, 1.165) is 0 Å². The first-order chi connectivity index (χ1) is 7.31. The molecule has 6 nitrogen and oxygen atoms in total. The van der Waals surface area contributed by atoms with E-state index < -0.39 is 24.8 Å². The van der Waals surface area contributed by atoms with Gasteiger partial charge in [-0.3, -0.25) is 4.79 Å². The zero-order valence-electron chi connectivity index (χ0n) is 8.17. The number of primary amides is 1. The summed E-state index contributed by atoms with van der Waals surface area (Å²) in [6.45, 7) is -2.10. The molecule has 0 spiro atoms. The Morgan fingerprint density at radius 2 is 1.94 bits per heavy atom. The average Bonchev–Trinajstić information content (AvgIpc) is 2.12. The van der Waals surface area contributed by atoms with Gasteiger partial charge in [-0.05, 0) is 0 Å². The zero-order valence-corrected chi connectivity index (χ0v) is 8.17. The molecule has 2 amide bonds. The Bertz CT molecular complexity index is 244. The van der Waals surface area contributed by atoms with Crippen molar-refractivity contribution in [2.45, 2.75) is 6.18 Å². The molecular formula is C7H11F3N2O4. The van der Waals surface area contributed by atoms with Gasteiger partial charge in [-0.2, -0.15) is 13.2 Å². The number of alkyl carbamates (subject to hydrolysis) is 1. The summed E-state index contributed by atoms with van der Waals surface area (Å²) in [5.74, 6) is -0.681. The lowest BCUT2D eigenvalue weighted by Gasteiger charge is -2.08. The second-order valence-corrected chi connectivity index (χ2v) is 2.64. The highest BCUT2D eigenvalue weighted by Gasteiger charge is 2.29. The molecule has 9 heteroatoms. The molecule has 3 N–H and O–H groups in total. The van der Waals surface area contributed by atoms with Crippen LogP contribution in [0.25, 0.3) is 0 Å². The average molecular weight is 244 g/mol. The Hall–Kier alpha value is -1.51. The number of rotatable bonds is 6. The van der Waals surface area contributed by atoms with Crippen LogP contribution in [0.2, 0.25) is 0 Å². The fraction of sp³-hybridized carbons (Fsp3) is 0.714. The van der Waals surface area contributed by atoms with Gasteiger partial charge in [0, 0.05) is 6.54 Å². The van der Waals surface area contributed by atoms with Gasteiger partial charge in [-0.1, -0.05) is 0 Å². The lowest BCUT2D eigenvalue weighted by molar-refractivity contribution is -0.160. The van der Waals surface area contributed by atoms with Crippen LogP contribution >= 0.6 is 0 Å². The minimum Gasteiger partial charge on any atom is -0.440 e. The highest BCUT2D eigenvalue weighted by molar-refractivity contribution is 5.75. The molecule has 0 atom stereocenters. The lowest BCUT2D eigenvalue weighted by atomic mass is 10.6. The van der Waals surface area contributed by atoms with Gasteiger partial charge in [-0.25, -0.2) is 4.79 Å². The first kappa shape index (κ1) is 14.5. The summed E-state index contributed by atoms with van der Waals surface area (Å²) in [6.07, 6.45) is -5.76. The molecule has 0 unspecified atom stereocenters. The summed E-state index contributed by atoms with van der Waals surface area (Å²) in [4.78, 5) is 20.8. The number of ether oxygens (including phenoxy) is 2. The smallest absolute Gasteiger partial charge is 0.422 e. The van der Waals surface area contributed by atoms with E-state index in [2.05, 4.69) is 9.47 Å². The van der Waals surface area contributed by atoms with Gasteiger partial charge in [0.05, 0.1) is 6.61 Å². The fourth-order valence-corrected chi connectivity index (χ4v) is 0.596. The molecule has 0 bridgehead atoms. The SMILES string of the molecule is NC(=O)COCCNC(=O)OCC(F)(F)F. The number of halogens is 3. The molecule has 0 radical (unpaired) electrons. The molecule has 16 heavy (non-hydrogen) atoms. The summed E-state index contributed by atoms with van der Waals surface area (Å²) < 4.78 is 43.1. The van der Waals surface area contributed by atoms with E-state index in [1.54, 1.807) is 0 Å². The first-order valence-corrected chi connectivity index (χ1v) is 4.14. The number of carbonyl (C=O) groups excluding carboxylic acids is 2. The van der Waals surface area contributed by atoms with Crippen LogP contribution in [-0.4, -0.2) is 44.5 Å². The normalized spacial score (nSPS) is 10.9. The van der Waals surface area contributed by atoms with E-state index in [4.69, 9.17) is 5.73 Å². The van der Waals surface area contributed by atoms with E-state index in [1.165, 1.54) is 0 Å². The van der Waals surface area contributed by atoms with Crippen LogP contribution < -0.4 is 11.1 Å². The van der Waals surface area contributed by atoms with Crippen molar-refractivity contribution in [3.05, 3.63) is 0 Å². The van der Waals surface area contributed by atoms with Crippen molar-refractivity contribution in [3.8, 4) is 0 Å². The molecule has 0 saturated heterocycles. The second-order valence-electron chi connectivity index (χ2n) is 2.64. The fourth-order valence-electron chi connectivity index (χ4n) is 0.596. The maximum absolute atomic E-state index is 11.6. The quantitative estimate of drug-likeness (QED) is 0.632. The van der Waals surface area contributed by atoms with Crippen LogP contribution in [0.1, 0.15) is 0 Å². The van der Waals surface area contributed by atoms with Crippen LogP contribution in [-0.2, 0) is 14.3 Å². The van der Waals surface area contributed by atoms with Gasteiger partial charge in [0.1, 0.15) is 6.61 Å². The Balaban J connectivity index is 3.41. The molecule has 0 fully saturated rings. The Morgan fingerprint density at radius 1 is 1.31 bits per heavy atom. The Kier molecular flexibility index (Phi) is 6.23. The molecule has 0 aromatic rings. The zero-order chi connectivity index (χ0) is 12.6. The summed E-state index contributed by atoms with van der Waals surface area (Å²) >= 11 is 0. The largest absolute Gasteiger partial charge is 0.440 e. The maximum atomic E-state index is 11.6. The van der Waals surface area contributed by atoms with Crippen LogP contribution in [0.4, 0.5) is 18.0 Å². The van der Waals surface area contributed by atoms with Gasteiger partial charge in [0.25, 0.3) is 0 Å². The van der Waals surface area contributed by atoms with Crippen molar-refractivity contribution in [3.63, 3.8) is 0 Å². The van der Waals surface area contributed by atoms with Crippen LogP contribution in [0, 0.1) is 0 Å². The van der Waals surface area contributed by atoms with E-state index in [0.29, 0.717) is 0 Å². The third kappa shape index (κ3) is 10.6. The van der Waals surface area contributed by atoms with Crippen LogP contribution in [0.5, 0.6) is 0 Å². The van der Waals surface area contributed by atoms with Crippen molar-refractivity contribution in [2.75, 3.05) is 26.4 Å². The molecule has 0 rings (SSSR count). The predicted molar refractivity (Wildman–Crippen MR) is 45.4 cm³/mol. The standard InChI is InChI=1S/C7H11F3N2O4/c8-7(9,10)4-16-6(14)12-1-2-15-3-5(11)13/h1-4H2,(H2,11,13)(H,12,14). The summed E-state index contributed by atoms with van der Waals surface area (Å²) in [7, 11) is 0. The molecule has 0 aromatic heterocycles. The van der Waals surface area contributed by atoms with Gasteiger partial charge in [0.2, 0.25) is 5.91 Å². The number of nitrogens with one attached hydrogen (secondary N) is 1. The monoisotopic (exact) mass is 244 g/mol. The highest BCUT2D eigenvalue weighted by atomic mass is 19.4. The molecule has 0 saturated carbocycles. The van der Waals surface area contributed by atoms with Crippen molar-refractivity contribution in [1.82, 2.24) is 5.32 Å². The molecule has 94 valence electrons. The predicted octanol–water partition coefficient (Wildman–Crippen LogP) is -0.223. The number of amides is 2. The van der Waals surface area contributed by atoms with Gasteiger partial charge in [-0.15, -0.1) is 0 Å². The third-order valence-corrected chi connectivity index (χ3v) is 1.13. The second kappa shape index (κ2) is 6.88. The minimum atomic E-state index is -4.56. The van der Waals surface area contributed by atoms with Crippen molar-refractivity contribution in [2.24, 2.45) is 5.73 Å². The number of alkyl halides is 3. The van der Waals surface area contributed by atoms with Gasteiger partial charge >= 0.3 is 12.3 Å². The lowest BCUT2D eigenvalue weighted by Crippen LogP contribution is -2.32. The van der Waals surface area contributed by atoms with E-state index in [9.17, 15) is 22.8 Å². The number of hydrogen-bond donors (Lipinski definition) is 2. The minimum absolute atomic E-state index is 0.0515. The molecule has 0 heterocycles. The summed E-state index contributed by atoms with van der Waals surface area (Å²) in [5.41, 5.74) is 4.73. The Morgan fingerprint density at radius 3 is 2.44 bits per heavy atom. The molecule has 0 aliphatic carbocycles. The van der Waals surface area contributed by atoms with E-state index >= 15 is 0 Å². The maximum Gasteiger partial charge on any atom is 0.422 e. The van der Waals surface area contributed by atoms with Crippen LogP contribution in [0.3, 0.4) is 0 Å². The van der Waals surface area contributed by atoms with E-state index in [1.807, 2.05) is 5.32 Å². The summed E-state index contributed by atoms with van der Waals surface area (Å²) in [5, 5.41) is 1.99. The van der Waals surface area contributed by atoms with E-state index in [-0.39, 0.29) is 19.8 Å². The number of hydrogen-bond acceptors (Lipinski definition) is 4. The number of carbonyl (C=O) groups is 2. The van der Waals surface area contributed by atoms with Gasteiger partial charge in [0.15, 0.2) is 6.61 Å². The summed E-state index contributed by atoms with van der Waals surface area (Å²) in [6, 6.07) is 0. The highest BCUT2D eigenvalue weighted by Crippen LogP contribution is 2.14.